The molecule has 25 heavy (non-hydrogen) atoms. The van der Waals surface area contributed by atoms with Crippen LogP contribution in [0.1, 0.15) is 23.6 Å². The van der Waals surface area contributed by atoms with Gasteiger partial charge in [0.05, 0.1) is 19.1 Å². The van der Waals surface area contributed by atoms with Crippen molar-refractivity contribution in [3.63, 3.8) is 0 Å². The summed E-state index contributed by atoms with van der Waals surface area (Å²) in [5.41, 5.74) is 0.850. The van der Waals surface area contributed by atoms with Gasteiger partial charge >= 0.3 is 6.03 Å². The molecule has 5 nitrogen and oxygen atoms in total. The zero-order valence-corrected chi connectivity index (χ0v) is 14.3. The van der Waals surface area contributed by atoms with E-state index in [1.54, 1.807) is 11.1 Å². The van der Waals surface area contributed by atoms with Gasteiger partial charge in [0, 0.05) is 17.7 Å². The van der Waals surface area contributed by atoms with Gasteiger partial charge < -0.3 is 10.0 Å². The highest BCUT2D eigenvalue weighted by Crippen LogP contribution is 2.35. The standard InChI is InChI=1S/C19H18ClN3O2/c20-16-8-6-14(7-9-16)17-10-11-21-23(17)18(24)22-12-19(25,13-22)15-4-2-1-3-5-15/h1-9,11,17,25H,10,12-13H2/t17-/m0/s1. The van der Waals surface area contributed by atoms with Gasteiger partial charge in [-0.25, -0.2) is 9.80 Å². The summed E-state index contributed by atoms with van der Waals surface area (Å²) in [6.45, 7) is 0.546. The third-order valence-electron chi connectivity index (χ3n) is 4.77. The van der Waals surface area contributed by atoms with Crippen LogP contribution >= 0.6 is 11.6 Å². The van der Waals surface area contributed by atoms with Gasteiger partial charge in [0.2, 0.25) is 0 Å². The Morgan fingerprint density at radius 1 is 1.12 bits per heavy atom. The second kappa shape index (κ2) is 6.17. The molecule has 2 aliphatic heterocycles. The van der Waals surface area contributed by atoms with Crippen molar-refractivity contribution < 1.29 is 9.90 Å². The third-order valence-corrected chi connectivity index (χ3v) is 5.02. The molecule has 0 aliphatic carbocycles. The molecule has 2 aromatic rings. The predicted molar refractivity (Wildman–Crippen MR) is 96.4 cm³/mol. The smallest absolute Gasteiger partial charge is 0.341 e. The van der Waals surface area contributed by atoms with Crippen molar-refractivity contribution in [2.75, 3.05) is 13.1 Å². The van der Waals surface area contributed by atoms with Gasteiger partial charge in [-0.05, 0) is 23.3 Å². The first kappa shape index (κ1) is 16.1. The first-order valence-electron chi connectivity index (χ1n) is 8.21. The molecule has 0 saturated carbocycles. The average Bonchev–Trinajstić information content (AvgIpc) is 3.09. The quantitative estimate of drug-likeness (QED) is 0.897. The Hall–Kier alpha value is -2.37. The molecule has 2 aliphatic rings. The molecule has 0 unspecified atom stereocenters. The van der Waals surface area contributed by atoms with Crippen LogP contribution in [0.5, 0.6) is 0 Å². The van der Waals surface area contributed by atoms with Crippen LogP contribution in [0.2, 0.25) is 5.02 Å². The predicted octanol–water partition coefficient (Wildman–Crippen LogP) is 3.40. The molecule has 128 valence electrons. The lowest BCUT2D eigenvalue weighted by atomic mass is 9.86. The average molecular weight is 356 g/mol. The summed E-state index contributed by atoms with van der Waals surface area (Å²) >= 11 is 5.94. The van der Waals surface area contributed by atoms with E-state index in [0.717, 1.165) is 11.1 Å². The van der Waals surface area contributed by atoms with Gasteiger partial charge in [0.15, 0.2) is 0 Å². The maximum Gasteiger partial charge on any atom is 0.341 e. The van der Waals surface area contributed by atoms with Crippen LogP contribution in [-0.4, -0.2) is 40.4 Å². The number of benzene rings is 2. The number of urea groups is 1. The summed E-state index contributed by atoms with van der Waals surface area (Å²) < 4.78 is 0. The molecule has 1 atom stereocenters. The Labute approximate surface area is 151 Å². The minimum atomic E-state index is -0.976. The molecule has 0 spiro atoms. The van der Waals surface area contributed by atoms with Crippen LogP contribution in [0, 0.1) is 0 Å². The van der Waals surface area contributed by atoms with Crippen LogP contribution in [0.4, 0.5) is 4.79 Å². The normalized spacial score (nSPS) is 21.3. The Kier molecular flexibility index (Phi) is 3.98. The lowest BCUT2D eigenvalue weighted by Crippen LogP contribution is -2.63. The van der Waals surface area contributed by atoms with Gasteiger partial charge in [0.1, 0.15) is 5.60 Å². The highest BCUT2D eigenvalue weighted by Gasteiger charge is 2.47. The van der Waals surface area contributed by atoms with Crippen LogP contribution in [0.15, 0.2) is 59.7 Å². The number of carbonyl (C=O) groups excluding carboxylic acids is 1. The molecular weight excluding hydrogens is 338 g/mol. The fourth-order valence-corrected chi connectivity index (χ4v) is 3.48. The fraction of sp³-hybridized carbons (Fsp3) is 0.263. The van der Waals surface area contributed by atoms with Crippen LogP contribution in [0.3, 0.4) is 0 Å². The third kappa shape index (κ3) is 2.90. The number of halogens is 1. The molecule has 0 bridgehead atoms. The van der Waals surface area contributed by atoms with E-state index in [4.69, 9.17) is 11.6 Å². The Morgan fingerprint density at radius 3 is 2.48 bits per heavy atom. The molecule has 1 saturated heterocycles. The summed E-state index contributed by atoms with van der Waals surface area (Å²) in [5, 5.41) is 17.1. The van der Waals surface area contributed by atoms with Crippen molar-refractivity contribution in [3.8, 4) is 0 Å². The molecule has 4 rings (SSSR count). The van der Waals surface area contributed by atoms with E-state index in [2.05, 4.69) is 5.10 Å². The monoisotopic (exact) mass is 355 g/mol. The SMILES string of the molecule is O=C(N1CC(O)(c2ccccc2)C1)N1N=CC[C@H]1c1ccc(Cl)cc1. The second-order valence-electron chi connectivity index (χ2n) is 6.48. The molecule has 6 heteroatoms. The maximum absolute atomic E-state index is 12.8. The number of nitrogens with zero attached hydrogens (tertiary/aromatic N) is 3. The van der Waals surface area contributed by atoms with E-state index in [-0.39, 0.29) is 25.2 Å². The first-order valence-corrected chi connectivity index (χ1v) is 8.59. The number of carbonyl (C=O) groups is 1. The van der Waals surface area contributed by atoms with E-state index in [0.29, 0.717) is 11.4 Å². The number of hydrogen-bond acceptors (Lipinski definition) is 3. The molecule has 1 N–H and O–H groups in total. The summed E-state index contributed by atoms with van der Waals surface area (Å²) in [5.74, 6) is 0. The van der Waals surface area contributed by atoms with Gasteiger partial charge in [-0.15, -0.1) is 0 Å². The fourth-order valence-electron chi connectivity index (χ4n) is 3.36. The number of β-amino-alcohol motifs (C(OH)–C–C–N with tert-alkyl or cyclic N) is 1. The highest BCUT2D eigenvalue weighted by atomic mass is 35.5. The molecule has 0 radical (unpaired) electrons. The van der Waals surface area contributed by atoms with Gasteiger partial charge in [-0.2, -0.15) is 5.10 Å². The Morgan fingerprint density at radius 2 is 1.80 bits per heavy atom. The van der Waals surface area contributed by atoms with E-state index in [9.17, 15) is 9.90 Å². The lowest BCUT2D eigenvalue weighted by Gasteiger charge is -2.47. The number of hydrogen-bond donors (Lipinski definition) is 1. The van der Waals surface area contributed by atoms with Crippen molar-refractivity contribution in [2.24, 2.45) is 5.10 Å². The van der Waals surface area contributed by atoms with Crippen molar-refractivity contribution in [3.05, 3.63) is 70.7 Å². The summed E-state index contributed by atoms with van der Waals surface area (Å²) in [6, 6.07) is 16.6. The van der Waals surface area contributed by atoms with Crippen LogP contribution in [-0.2, 0) is 5.60 Å². The number of likely N-dealkylation sites (tertiary alicyclic amines) is 1. The van der Waals surface area contributed by atoms with E-state index in [1.807, 2.05) is 54.6 Å². The molecule has 2 aromatic carbocycles. The topological polar surface area (TPSA) is 56.1 Å². The number of aliphatic hydroxyl groups is 1. The van der Waals surface area contributed by atoms with Gasteiger partial charge in [-0.1, -0.05) is 54.1 Å². The minimum Gasteiger partial charge on any atom is -0.381 e. The zero-order chi connectivity index (χ0) is 17.4. The van der Waals surface area contributed by atoms with Crippen molar-refractivity contribution in [1.29, 1.82) is 0 Å². The van der Waals surface area contributed by atoms with E-state index >= 15 is 0 Å². The van der Waals surface area contributed by atoms with Crippen LogP contribution < -0.4 is 0 Å². The minimum absolute atomic E-state index is 0.129. The molecule has 1 fully saturated rings. The van der Waals surface area contributed by atoms with Crippen LogP contribution in [0.25, 0.3) is 0 Å². The van der Waals surface area contributed by atoms with Crippen molar-refractivity contribution >= 4 is 23.8 Å². The molecule has 0 aromatic heterocycles. The zero-order valence-electron chi connectivity index (χ0n) is 13.5. The lowest BCUT2D eigenvalue weighted by molar-refractivity contribution is -0.0877. The second-order valence-corrected chi connectivity index (χ2v) is 6.92. The maximum atomic E-state index is 12.8. The summed E-state index contributed by atoms with van der Waals surface area (Å²) in [6.07, 6.45) is 2.42. The summed E-state index contributed by atoms with van der Waals surface area (Å²) in [7, 11) is 0. The first-order chi connectivity index (χ1) is 12.1. The highest BCUT2D eigenvalue weighted by molar-refractivity contribution is 6.30. The Bertz CT molecular complexity index is 801. The molecule has 2 heterocycles. The largest absolute Gasteiger partial charge is 0.381 e. The molecular formula is C19H18ClN3O2. The van der Waals surface area contributed by atoms with Gasteiger partial charge in [0.25, 0.3) is 0 Å². The van der Waals surface area contributed by atoms with E-state index < -0.39 is 5.60 Å². The molecule has 2 amide bonds. The number of amides is 2. The van der Waals surface area contributed by atoms with Crippen molar-refractivity contribution in [1.82, 2.24) is 9.91 Å². The van der Waals surface area contributed by atoms with E-state index in [1.165, 1.54) is 5.01 Å². The Balaban J connectivity index is 1.46. The summed E-state index contributed by atoms with van der Waals surface area (Å²) in [4.78, 5) is 14.4. The van der Waals surface area contributed by atoms with Gasteiger partial charge in [-0.3, -0.25) is 0 Å². The number of rotatable bonds is 2. The van der Waals surface area contributed by atoms with Crippen molar-refractivity contribution in [2.45, 2.75) is 18.1 Å². The number of hydrazone groups is 1.